The molecule has 8 heteroatoms. The maximum Gasteiger partial charge on any atom is 0.410 e. The Kier molecular flexibility index (Phi) is 5.54. The van der Waals surface area contributed by atoms with Crippen molar-refractivity contribution in [2.24, 2.45) is 0 Å². The van der Waals surface area contributed by atoms with E-state index in [2.05, 4.69) is 0 Å². The van der Waals surface area contributed by atoms with Crippen molar-refractivity contribution >= 4 is 23.4 Å². The van der Waals surface area contributed by atoms with Crippen LogP contribution in [-0.4, -0.2) is 40.7 Å². The van der Waals surface area contributed by atoms with Gasteiger partial charge in [-0.1, -0.05) is 11.6 Å². The lowest BCUT2D eigenvalue weighted by Crippen LogP contribution is -2.44. The number of nitro benzene ring substituents is 1. The Morgan fingerprint density at radius 2 is 1.96 bits per heavy atom. The average Bonchev–Trinajstić information content (AvgIpc) is 2.48. The van der Waals surface area contributed by atoms with Crippen LogP contribution in [-0.2, 0) is 4.74 Å². The number of ether oxygens (including phenoxy) is 2. The maximum atomic E-state index is 12.0. The van der Waals surface area contributed by atoms with E-state index in [9.17, 15) is 14.9 Å². The zero-order chi connectivity index (χ0) is 17.9. The molecule has 1 aromatic carbocycles. The molecule has 1 aliphatic heterocycles. The van der Waals surface area contributed by atoms with Crippen LogP contribution in [0.25, 0.3) is 0 Å². The fourth-order valence-electron chi connectivity index (χ4n) is 2.40. The van der Waals surface area contributed by atoms with Crippen molar-refractivity contribution in [3.05, 3.63) is 33.3 Å². The van der Waals surface area contributed by atoms with Gasteiger partial charge in [0.15, 0.2) is 5.75 Å². The van der Waals surface area contributed by atoms with Gasteiger partial charge in [0.1, 0.15) is 11.7 Å². The van der Waals surface area contributed by atoms with Gasteiger partial charge in [-0.25, -0.2) is 4.79 Å². The van der Waals surface area contributed by atoms with Gasteiger partial charge in [0.2, 0.25) is 0 Å². The monoisotopic (exact) mass is 356 g/mol. The van der Waals surface area contributed by atoms with Crippen molar-refractivity contribution in [2.45, 2.75) is 45.3 Å². The molecule has 0 aliphatic carbocycles. The molecule has 1 saturated heterocycles. The highest BCUT2D eigenvalue weighted by atomic mass is 35.5. The van der Waals surface area contributed by atoms with E-state index in [1.807, 2.05) is 20.8 Å². The summed E-state index contributed by atoms with van der Waals surface area (Å²) in [4.78, 5) is 24.2. The molecular weight excluding hydrogens is 336 g/mol. The molecule has 2 rings (SSSR count). The first kappa shape index (κ1) is 18.3. The smallest absolute Gasteiger partial charge is 0.410 e. The highest BCUT2D eigenvalue weighted by molar-refractivity contribution is 6.30. The Morgan fingerprint density at radius 1 is 1.33 bits per heavy atom. The fraction of sp³-hybridized carbons (Fsp3) is 0.562. The van der Waals surface area contributed by atoms with Gasteiger partial charge < -0.3 is 14.4 Å². The average molecular weight is 357 g/mol. The number of hydrogen-bond acceptors (Lipinski definition) is 5. The topological polar surface area (TPSA) is 81.9 Å². The molecule has 0 N–H and O–H groups in total. The number of carbonyl (C=O) groups is 1. The van der Waals surface area contributed by atoms with Crippen LogP contribution in [0.15, 0.2) is 18.2 Å². The third-order valence-corrected chi connectivity index (χ3v) is 3.74. The van der Waals surface area contributed by atoms with Crippen molar-refractivity contribution in [1.29, 1.82) is 0 Å². The lowest BCUT2D eigenvalue weighted by molar-refractivity contribution is -0.386. The van der Waals surface area contributed by atoms with Gasteiger partial charge in [-0.05, 0) is 32.9 Å². The Hall–Kier alpha value is -2.02. The van der Waals surface area contributed by atoms with Crippen molar-refractivity contribution < 1.29 is 19.2 Å². The number of hydrogen-bond donors (Lipinski definition) is 0. The van der Waals surface area contributed by atoms with E-state index in [0.29, 0.717) is 25.9 Å². The number of benzene rings is 1. The summed E-state index contributed by atoms with van der Waals surface area (Å²) in [6, 6.07) is 4.33. The molecule has 1 amide bonds. The summed E-state index contributed by atoms with van der Waals surface area (Å²) in [5.41, 5.74) is -0.689. The van der Waals surface area contributed by atoms with Gasteiger partial charge in [-0.15, -0.1) is 0 Å². The first-order chi connectivity index (χ1) is 11.2. The number of rotatable bonds is 3. The van der Waals surface area contributed by atoms with E-state index >= 15 is 0 Å². The van der Waals surface area contributed by atoms with Gasteiger partial charge in [0.25, 0.3) is 0 Å². The second-order valence-electron chi connectivity index (χ2n) is 6.65. The summed E-state index contributed by atoms with van der Waals surface area (Å²) < 4.78 is 11.1. The quantitative estimate of drug-likeness (QED) is 0.603. The van der Waals surface area contributed by atoms with Crippen LogP contribution in [0, 0.1) is 10.1 Å². The number of likely N-dealkylation sites (tertiary alicyclic amines) is 1. The van der Waals surface area contributed by atoms with Crippen LogP contribution in [0.2, 0.25) is 5.02 Å². The van der Waals surface area contributed by atoms with E-state index in [-0.39, 0.29) is 28.7 Å². The second-order valence-corrected chi connectivity index (χ2v) is 7.09. The van der Waals surface area contributed by atoms with E-state index < -0.39 is 10.5 Å². The third kappa shape index (κ3) is 4.99. The minimum atomic E-state index is -0.533. The number of halogens is 1. The van der Waals surface area contributed by atoms with Crippen molar-refractivity contribution in [3.8, 4) is 5.75 Å². The number of amides is 1. The predicted molar refractivity (Wildman–Crippen MR) is 89.6 cm³/mol. The third-order valence-electron chi connectivity index (χ3n) is 3.50. The Labute approximate surface area is 145 Å². The van der Waals surface area contributed by atoms with E-state index in [4.69, 9.17) is 21.1 Å². The Morgan fingerprint density at radius 3 is 2.50 bits per heavy atom. The number of nitrogens with zero attached hydrogens (tertiary/aromatic N) is 2. The molecule has 0 aromatic heterocycles. The van der Waals surface area contributed by atoms with Crippen LogP contribution in [0.5, 0.6) is 5.75 Å². The van der Waals surface area contributed by atoms with E-state index in [0.717, 1.165) is 0 Å². The summed E-state index contributed by atoms with van der Waals surface area (Å²) in [6.45, 7) is 6.43. The summed E-state index contributed by atoms with van der Waals surface area (Å²) in [5, 5.41) is 11.4. The number of carbonyl (C=O) groups excluding carboxylic acids is 1. The molecule has 0 radical (unpaired) electrons. The zero-order valence-electron chi connectivity index (χ0n) is 14.0. The van der Waals surface area contributed by atoms with Gasteiger partial charge in [-0.2, -0.15) is 0 Å². The SMILES string of the molecule is CC(C)(C)OC(=O)N1CCC(Oc2ccc(Cl)cc2[N+](=O)[O-])CC1. The molecule has 132 valence electrons. The lowest BCUT2D eigenvalue weighted by Gasteiger charge is -2.33. The van der Waals surface area contributed by atoms with Crippen LogP contribution in [0.3, 0.4) is 0 Å². The summed E-state index contributed by atoms with van der Waals surface area (Å²) in [5.74, 6) is 0.195. The first-order valence-electron chi connectivity index (χ1n) is 7.74. The summed E-state index contributed by atoms with van der Waals surface area (Å²) in [7, 11) is 0. The van der Waals surface area contributed by atoms with Crippen molar-refractivity contribution in [1.82, 2.24) is 4.90 Å². The molecule has 1 fully saturated rings. The molecule has 1 aromatic rings. The number of nitro groups is 1. The van der Waals surface area contributed by atoms with Gasteiger partial charge in [0.05, 0.1) is 4.92 Å². The molecule has 0 bridgehead atoms. The Balaban J connectivity index is 1.94. The standard InChI is InChI=1S/C16H21ClN2O5/c1-16(2,3)24-15(20)18-8-6-12(7-9-18)23-14-5-4-11(17)10-13(14)19(21)22/h4-5,10,12H,6-9H2,1-3H3. The molecular formula is C16H21ClN2O5. The van der Waals surface area contributed by atoms with Crippen molar-refractivity contribution in [2.75, 3.05) is 13.1 Å². The van der Waals surface area contributed by atoms with E-state index in [1.54, 1.807) is 11.0 Å². The molecule has 1 aliphatic rings. The van der Waals surface area contributed by atoms with Crippen molar-refractivity contribution in [3.63, 3.8) is 0 Å². The summed E-state index contributed by atoms with van der Waals surface area (Å²) >= 11 is 5.79. The van der Waals surface area contributed by atoms with Crippen LogP contribution in [0.1, 0.15) is 33.6 Å². The second kappa shape index (κ2) is 7.25. The molecule has 0 unspecified atom stereocenters. The van der Waals surface area contributed by atoms with E-state index in [1.165, 1.54) is 12.1 Å². The minimum absolute atomic E-state index is 0.155. The van der Waals surface area contributed by atoms with Gasteiger partial charge >= 0.3 is 11.8 Å². The summed E-state index contributed by atoms with van der Waals surface area (Å²) in [6.07, 6.45) is 0.625. The maximum absolute atomic E-state index is 12.0. The lowest BCUT2D eigenvalue weighted by atomic mass is 10.1. The fourth-order valence-corrected chi connectivity index (χ4v) is 2.56. The van der Waals surface area contributed by atoms with Crippen LogP contribution >= 0.6 is 11.6 Å². The molecule has 24 heavy (non-hydrogen) atoms. The predicted octanol–water partition coefficient (Wildman–Crippen LogP) is 4.03. The van der Waals surface area contributed by atoms with Gasteiger partial charge in [0, 0.05) is 37.0 Å². The number of piperidine rings is 1. The first-order valence-corrected chi connectivity index (χ1v) is 8.12. The molecule has 7 nitrogen and oxygen atoms in total. The normalized spacial score (nSPS) is 15.9. The highest BCUT2D eigenvalue weighted by Gasteiger charge is 2.29. The molecule has 0 atom stereocenters. The van der Waals surface area contributed by atoms with Crippen LogP contribution < -0.4 is 4.74 Å². The minimum Gasteiger partial charge on any atom is -0.483 e. The van der Waals surface area contributed by atoms with Gasteiger partial charge in [-0.3, -0.25) is 10.1 Å². The molecule has 0 spiro atoms. The Bertz CT molecular complexity index is 621. The molecule has 1 heterocycles. The van der Waals surface area contributed by atoms with Crippen LogP contribution in [0.4, 0.5) is 10.5 Å². The molecule has 0 saturated carbocycles. The largest absolute Gasteiger partial charge is 0.483 e. The highest BCUT2D eigenvalue weighted by Crippen LogP contribution is 2.32. The zero-order valence-corrected chi connectivity index (χ0v) is 14.7.